The number of fused-ring (bicyclic) bond motifs is 1. The molecule has 2 aromatic heterocycles. The molecule has 1 unspecified atom stereocenters. The van der Waals surface area contributed by atoms with Crippen LogP contribution in [0.25, 0.3) is 11.2 Å². The summed E-state index contributed by atoms with van der Waals surface area (Å²) in [6, 6.07) is 0. The van der Waals surface area contributed by atoms with Gasteiger partial charge in [0, 0.05) is 75.3 Å². The number of aromatic nitrogens is 4. The Labute approximate surface area is 221 Å². The van der Waals surface area contributed by atoms with E-state index < -0.39 is 46.8 Å². The Morgan fingerprint density at radius 1 is 1.17 bits per heavy atom. The molecule has 158 valence electrons. The Balaban J connectivity index is 0.00000225. The SMILES string of the molecule is O=P(O)(O)OP(=O)(O)OC[C@H]1O[C@@H](n2cnc3c(NBr)ncnc32)[C@H](O)[C@@H]1O.[Na].[Na]. The quantitative estimate of drug-likeness (QED) is 0.133. The number of aliphatic hydroxyl groups is 2. The third kappa shape index (κ3) is 6.74. The van der Waals surface area contributed by atoms with Crippen molar-refractivity contribution in [3.8, 4) is 0 Å². The number of hydrogen-bond acceptors (Lipinski definition) is 11. The van der Waals surface area contributed by atoms with Gasteiger partial charge in [0.1, 0.15) is 24.6 Å². The second-order valence-electron chi connectivity index (χ2n) is 5.52. The van der Waals surface area contributed by atoms with Gasteiger partial charge in [-0.25, -0.2) is 24.1 Å². The van der Waals surface area contributed by atoms with Crippen molar-refractivity contribution in [3.05, 3.63) is 12.7 Å². The summed E-state index contributed by atoms with van der Waals surface area (Å²) in [5.74, 6) is 0.340. The van der Waals surface area contributed by atoms with E-state index in [4.69, 9.17) is 14.5 Å². The Morgan fingerprint density at radius 2 is 1.83 bits per heavy atom. The van der Waals surface area contributed by atoms with Gasteiger partial charge in [-0.05, 0) is 0 Å². The molecule has 30 heavy (non-hydrogen) atoms. The monoisotopic (exact) mass is 551 g/mol. The van der Waals surface area contributed by atoms with Gasteiger partial charge in [-0.3, -0.25) is 9.09 Å². The molecule has 6 N–H and O–H groups in total. The fourth-order valence-electron chi connectivity index (χ4n) is 2.53. The molecule has 1 fully saturated rings. The Bertz CT molecular complexity index is 964. The minimum atomic E-state index is -5.29. The number of phosphoric ester groups is 1. The molecule has 1 aliphatic rings. The van der Waals surface area contributed by atoms with Crippen molar-refractivity contribution in [2.24, 2.45) is 0 Å². The summed E-state index contributed by atoms with van der Waals surface area (Å²) in [6.07, 6.45) is -3.06. The molecule has 0 spiro atoms. The van der Waals surface area contributed by atoms with E-state index in [1.54, 1.807) is 0 Å². The molecule has 0 aromatic carbocycles. The molecule has 0 amide bonds. The van der Waals surface area contributed by atoms with Crippen LogP contribution < -0.4 is 4.34 Å². The third-order valence-corrected chi connectivity index (χ3v) is 6.20. The molecular weight excluding hydrogens is 538 g/mol. The average Bonchev–Trinajstić information content (AvgIpc) is 3.13. The number of nitrogens with one attached hydrogen (secondary N) is 1. The number of anilines is 1. The summed E-state index contributed by atoms with van der Waals surface area (Å²) in [6.45, 7) is -0.807. The molecule has 3 heterocycles. The van der Waals surface area contributed by atoms with Crippen molar-refractivity contribution in [2.75, 3.05) is 10.9 Å². The summed E-state index contributed by atoms with van der Waals surface area (Å²) < 4.78 is 39.6. The molecule has 1 aliphatic heterocycles. The van der Waals surface area contributed by atoms with E-state index in [-0.39, 0.29) is 64.8 Å². The van der Waals surface area contributed by atoms with Gasteiger partial charge < -0.3 is 34.0 Å². The predicted molar refractivity (Wildman–Crippen MR) is 104 cm³/mol. The van der Waals surface area contributed by atoms with Gasteiger partial charge in [-0.1, -0.05) is 0 Å². The normalized spacial score (nSPS) is 25.9. The second-order valence-corrected chi connectivity index (χ2v) is 8.75. The van der Waals surface area contributed by atoms with Crippen LogP contribution in [0.2, 0.25) is 0 Å². The topological polar surface area (TPSA) is 219 Å². The van der Waals surface area contributed by atoms with E-state index in [0.717, 1.165) is 0 Å². The molecule has 15 nitrogen and oxygen atoms in total. The zero-order chi connectivity index (χ0) is 20.7. The van der Waals surface area contributed by atoms with Crippen LogP contribution in [0.4, 0.5) is 5.82 Å². The van der Waals surface area contributed by atoms with Gasteiger partial charge in [0.2, 0.25) is 0 Å². The van der Waals surface area contributed by atoms with E-state index >= 15 is 0 Å². The third-order valence-electron chi connectivity index (χ3n) is 3.67. The van der Waals surface area contributed by atoms with Gasteiger partial charge in [-0.2, -0.15) is 4.31 Å². The minimum Gasteiger partial charge on any atom is -0.387 e. The van der Waals surface area contributed by atoms with Gasteiger partial charge in [0.15, 0.2) is 23.2 Å². The fourth-order valence-corrected chi connectivity index (χ4v) is 4.42. The second kappa shape index (κ2) is 11.4. The number of ether oxygens (including phenoxy) is 1. The van der Waals surface area contributed by atoms with Gasteiger partial charge >= 0.3 is 15.6 Å². The molecule has 0 aliphatic carbocycles. The number of rotatable bonds is 7. The van der Waals surface area contributed by atoms with Gasteiger partial charge in [0.25, 0.3) is 0 Å². The van der Waals surface area contributed by atoms with Gasteiger partial charge in [0.05, 0.1) is 12.9 Å². The number of nitrogens with zero attached hydrogens (tertiary/aromatic N) is 4. The molecule has 1 saturated heterocycles. The van der Waals surface area contributed by atoms with Crippen LogP contribution in [0, 0.1) is 0 Å². The van der Waals surface area contributed by atoms with E-state index in [1.165, 1.54) is 17.2 Å². The summed E-state index contributed by atoms with van der Waals surface area (Å²) in [4.78, 5) is 38.5. The molecule has 2 radical (unpaired) electrons. The fraction of sp³-hybridized carbons (Fsp3) is 0.500. The van der Waals surface area contributed by atoms with E-state index in [9.17, 15) is 24.2 Å². The van der Waals surface area contributed by atoms with Gasteiger partial charge in [-0.15, -0.1) is 0 Å². The molecule has 0 bridgehead atoms. The van der Waals surface area contributed by atoms with Crippen molar-refractivity contribution in [1.29, 1.82) is 0 Å². The first kappa shape index (κ1) is 29.0. The van der Waals surface area contributed by atoms with Crippen molar-refractivity contribution in [1.82, 2.24) is 19.5 Å². The minimum absolute atomic E-state index is 0. The largest absolute Gasteiger partial charge is 0.481 e. The first-order valence-corrected chi connectivity index (χ1v) is 11.1. The maximum absolute atomic E-state index is 11.5. The summed E-state index contributed by atoms with van der Waals surface area (Å²) in [7, 11) is -10.4. The van der Waals surface area contributed by atoms with Crippen molar-refractivity contribution < 1.29 is 47.6 Å². The van der Waals surface area contributed by atoms with Crippen LogP contribution in [0.3, 0.4) is 0 Å². The number of phosphoric acid groups is 2. The molecule has 5 atom stereocenters. The molecule has 3 rings (SSSR count). The van der Waals surface area contributed by atoms with Crippen LogP contribution in [-0.2, 0) is 22.7 Å². The van der Waals surface area contributed by atoms with E-state index in [0.29, 0.717) is 11.3 Å². The van der Waals surface area contributed by atoms with Crippen molar-refractivity contribution >= 4 is 108 Å². The van der Waals surface area contributed by atoms with Crippen LogP contribution in [0.5, 0.6) is 0 Å². The zero-order valence-electron chi connectivity index (χ0n) is 15.5. The maximum Gasteiger partial charge on any atom is 0.481 e. The van der Waals surface area contributed by atoms with Crippen molar-refractivity contribution in [2.45, 2.75) is 24.5 Å². The number of halogens is 1. The average molecular weight is 552 g/mol. The zero-order valence-corrected chi connectivity index (χ0v) is 22.9. The summed E-state index contributed by atoms with van der Waals surface area (Å²) >= 11 is 3.02. The first-order valence-electron chi connectivity index (χ1n) is 7.32. The molecule has 2 aromatic rings. The predicted octanol–water partition coefficient (Wildman–Crippen LogP) is -1.37. The van der Waals surface area contributed by atoms with Crippen molar-refractivity contribution in [3.63, 3.8) is 0 Å². The Hall–Kier alpha value is 0.970. The smallest absolute Gasteiger partial charge is 0.387 e. The Kier molecular flexibility index (Phi) is 11.0. The van der Waals surface area contributed by atoms with Crippen LogP contribution in [-0.4, -0.2) is 128 Å². The van der Waals surface area contributed by atoms with E-state index in [1.807, 2.05) is 0 Å². The summed E-state index contributed by atoms with van der Waals surface area (Å²) in [5.41, 5.74) is 0.590. The Morgan fingerprint density at radius 3 is 2.43 bits per heavy atom. The number of aliphatic hydroxyl groups excluding tert-OH is 2. The molecule has 0 saturated carbocycles. The number of hydrogen-bond donors (Lipinski definition) is 6. The maximum atomic E-state index is 11.5. The molecule has 20 heteroatoms. The summed E-state index contributed by atoms with van der Waals surface area (Å²) in [5, 5.41) is 20.4. The first-order chi connectivity index (χ1) is 13.0. The van der Waals surface area contributed by atoms with Crippen LogP contribution in [0.15, 0.2) is 12.7 Å². The molecular formula is C10H14BrN5Na2O10P2. The number of imidazole rings is 1. The van der Waals surface area contributed by atoms with E-state index in [2.05, 4.69) is 44.3 Å². The standard InChI is InChI=1S/C10H14BrN5O10P2.2Na/c11-15-8-5-9(13-2-12-8)16(3-14-5)10-7(18)6(17)4(25-10)1-24-28(22,23)26-27(19,20)21;;/h2-4,6-7,10,17-18H,1H2,(H,22,23)(H,12,13,15)(H2,19,20,21);;/t4-,6-,7-,10-;;/m1../s1. The van der Waals surface area contributed by atoms with Crippen LogP contribution in [0.1, 0.15) is 6.23 Å². The van der Waals surface area contributed by atoms with Crippen LogP contribution >= 0.6 is 31.8 Å².